The van der Waals surface area contributed by atoms with Crippen LogP contribution in [0.15, 0.2) is 16.7 Å². The molecule has 7 heteroatoms. The van der Waals surface area contributed by atoms with Crippen molar-refractivity contribution in [2.45, 2.75) is 25.9 Å². The standard InChI is InChI=1S/C13H15Cl2N3O2/c1-4-13(2,19-3)12-17-11(20-18-12)9-7(14)5-6-8(15)10(9)16/h5-6H,4,16H2,1-3H3. The lowest BCUT2D eigenvalue weighted by atomic mass is 10.0. The highest BCUT2D eigenvalue weighted by Crippen LogP contribution is 2.37. The lowest BCUT2D eigenvalue weighted by Crippen LogP contribution is -2.24. The first-order chi connectivity index (χ1) is 9.42. The van der Waals surface area contributed by atoms with Crippen LogP contribution in [-0.4, -0.2) is 17.3 Å². The highest BCUT2D eigenvalue weighted by Gasteiger charge is 2.31. The molecule has 2 rings (SSSR count). The van der Waals surface area contributed by atoms with Crippen LogP contribution in [0.3, 0.4) is 0 Å². The summed E-state index contributed by atoms with van der Waals surface area (Å²) >= 11 is 12.1. The predicted molar refractivity (Wildman–Crippen MR) is 78.8 cm³/mol. The van der Waals surface area contributed by atoms with Crippen LogP contribution in [0.2, 0.25) is 10.0 Å². The second-order valence-electron chi connectivity index (χ2n) is 4.53. The molecule has 2 N–H and O–H groups in total. The third kappa shape index (κ3) is 2.49. The van der Waals surface area contributed by atoms with Crippen LogP contribution in [0.25, 0.3) is 11.5 Å². The summed E-state index contributed by atoms with van der Waals surface area (Å²) in [5.41, 5.74) is 6.05. The van der Waals surface area contributed by atoms with Gasteiger partial charge in [0.25, 0.3) is 5.89 Å². The van der Waals surface area contributed by atoms with Crippen LogP contribution in [0.1, 0.15) is 26.1 Å². The fourth-order valence-corrected chi connectivity index (χ4v) is 2.12. The van der Waals surface area contributed by atoms with Crippen molar-refractivity contribution in [3.05, 3.63) is 28.0 Å². The lowest BCUT2D eigenvalue weighted by molar-refractivity contribution is -0.0106. The van der Waals surface area contributed by atoms with Crippen LogP contribution in [0.5, 0.6) is 0 Å². The van der Waals surface area contributed by atoms with Crippen LogP contribution >= 0.6 is 23.2 Å². The fourth-order valence-electron chi connectivity index (χ4n) is 1.72. The Morgan fingerprint density at radius 2 is 2.00 bits per heavy atom. The zero-order valence-electron chi connectivity index (χ0n) is 11.4. The summed E-state index contributed by atoms with van der Waals surface area (Å²) in [7, 11) is 1.60. The smallest absolute Gasteiger partial charge is 0.261 e. The Bertz CT molecular complexity index is 624. The highest BCUT2D eigenvalue weighted by atomic mass is 35.5. The molecule has 1 heterocycles. The number of ether oxygens (including phenoxy) is 1. The summed E-state index contributed by atoms with van der Waals surface area (Å²) in [6.45, 7) is 3.85. The van der Waals surface area contributed by atoms with Crippen LogP contribution in [0, 0.1) is 0 Å². The summed E-state index contributed by atoms with van der Waals surface area (Å²) in [4.78, 5) is 4.33. The first kappa shape index (κ1) is 15.1. The maximum Gasteiger partial charge on any atom is 0.261 e. The zero-order valence-corrected chi connectivity index (χ0v) is 12.9. The van der Waals surface area contributed by atoms with Gasteiger partial charge in [-0.3, -0.25) is 0 Å². The molecule has 0 fully saturated rings. The van der Waals surface area contributed by atoms with Crippen LogP contribution in [0.4, 0.5) is 5.69 Å². The predicted octanol–water partition coefficient (Wildman–Crippen LogP) is 3.90. The summed E-state index contributed by atoms with van der Waals surface area (Å²) in [5.74, 6) is 0.662. The Morgan fingerprint density at radius 3 is 2.60 bits per heavy atom. The summed E-state index contributed by atoms with van der Waals surface area (Å²) in [5, 5.41) is 4.73. The molecule has 0 saturated carbocycles. The molecule has 1 aromatic heterocycles. The third-order valence-corrected chi connectivity index (χ3v) is 4.02. The van der Waals surface area contributed by atoms with Crippen LogP contribution in [-0.2, 0) is 10.3 Å². The van der Waals surface area contributed by atoms with E-state index in [1.54, 1.807) is 19.2 Å². The number of benzene rings is 1. The maximum atomic E-state index is 6.13. The Labute approximate surface area is 127 Å². The highest BCUT2D eigenvalue weighted by molar-refractivity contribution is 6.37. The van der Waals surface area contributed by atoms with Gasteiger partial charge in [0.1, 0.15) is 5.60 Å². The van der Waals surface area contributed by atoms with E-state index in [4.69, 9.17) is 38.2 Å². The van der Waals surface area contributed by atoms with E-state index in [-0.39, 0.29) is 5.89 Å². The molecule has 108 valence electrons. The van der Waals surface area contributed by atoms with Crippen molar-refractivity contribution in [2.75, 3.05) is 12.8 Å². The van der Waals surface area contributed by atoms with Gasteiger partial charge >= 0.3 is 0 Å². The van der Waals surface area contributed by atoms with E-state index >= 15 is 0 Å². The van der Waals surface area contributed by atoms with Gasteiger partial charge in [-0.2, -0.15) is 4.98 Å². The lowest BCUT2D eigenvalue weighted by Gasteiger charge is -2.21. The number of hydrogen-bond acceptors (Lipinski definition) is 5. The van der Waals surface area contributed by atoms with E-state index in [0.717, 1.165) is 0 Å². The van der Waals surface area contributed by atoms with Crippen molar-refractivity contribution in [3.8, 4) is 11.5 Å². The molecule has 5 nitrogen and oxygen atoms in total. The number of aromatic nitrogens is 2. The quantitative estimate of drug-likeness (QED) is 0.866. The minimum atomic E-state index is -0.623. The number of anilines is 1. The van der Waals surface area contributed by atoms with Gasteiger partial charge in [-0.05, 0) is 25.5 Å². The topological polar surface area (TPSA) is 74.2 Å². The van der Waals surface area contributed by atoms with Crippen molar-refractivity contribution >= 4 is 28.9 Å². The largest absolute Gasteiger partial charge is 0.397 e. The molecule has 0 aliphatic carbocycles. The number of methoxy groups -OCH3 is 1. The van der Waals surface area contributed by atoms with Gasteiger partial charge in [0.05, 0.1) is 21.3 Å². The van der Waals surface area contributed by atoms with E-state index in [0.29, 0.717) is 33.5 Å². The number of nitrogens with two attached hydrogens (primary N) is 1. The second kappa shape index (κ2) is 5.60. The average molecular weight is 316 g/mol. The molecular formula is C13H15Cl2N3O2. The molecule has 0 spiro atoms. The molecule has 1 atom stereocenters. The Hall–Kier alpha value is -1.30. The fraction of sp³-hybridized carbons (Fsp3) is 0.385. The number of halogens is 2. The molecule has 1 unspecified atom stereocenters. The minimum Gasteiger partial charge on any atom is -0.397 e. The van der Waals surface area contributed by atoms with E-state index < -0.39 is 5.60 Å². The molecule has 2 aromatic rings. The maximum absolute atomic E-state index is 6.13. The van der Waals surface area contributed by atoms with E-state index in [1.165, 1.54) is 0 Å². The van der Waals surface area contributed by atoms with E-state index in [1.807, 2.05) is 13.8 Å². The first-order valence-electron chi connectivity index (χ1n) is 6.06. The summed E-state index contributed by atoms with van der Waals surface area (Å²) in [6.07, 6.45) is 0.696. The molecule has 1 aromatic carbocycles. The van der Waals surface area contributed by atoms with Crippen molar-refractivity contribution in [1.82, 2.24) is 10.1 Å². The van der Waals surface area contributed by atoms with Gasteiger partial charge in [0, 0.05) is 7.11 Å². The van der Waals surface area contributed by atoms with Crippen LogP contribution < -0.4 is 5.73 Å². The van der Waals surface area contributed by atoms with E-state index in [9.17, 15) is 0 Å². The molecule has 0 bridgehead atoms. The molecule has 0 amide bonds. The number of rotatable bonds is 4. The number of nitrogens with zero attached hydrogens (tertiary/aromatic N) is 2. The Kier molecular flexibility index (Phi) is 4.22. The molecule has 0 aliphatic rings. The van der Waals surface area contributed by atoms with Gasteiger partial charge in [-0.25, -0.2) is 0 Å². The Morgan fingerprint density at radius 1 is 1.35 bits per heavy atom. The van der Waals surface area contributed by atoms with Crippen molar-refractivity contribution < 1.29 is 9.26 Å². The first-order valence-corrected chi connectivity index (χ1v) is 6.81. The third-order valence-electron chi connectivity index (χ3n) is 3.38. The number of hydrogen-bond donors (Lipinski definition) is 1. The van der Waals surface area contributed by atoms with Crippen molar-refractivity contribution in [1.29, 1.82) is 0 Å². The Balaban J connectivity index is 2.52. The van der Waals surface area contributed by atoms with Gasteiger partial charge in [0.15, 0.2) is 0 Å². The normalized spacial score (nSPS) is 14.2. The average Bonchev–Trinajstić information content (AvgIpc) is 2.92. The minimum absolute atomic E-state index is 0.224. The zero-order chi connectivity index (χ0) is 14.9. The van der Waals surface area contributed by atoms with E-state index in [2.05, 4.69) is 10.1 Å². The van der Waals surface area contributed by atoms with Gasteiger partial charge in [0.2, 0.25) is 5.82 Å². The van der Waals surface area contributed by atoms with Crippen molar-refractivity contribution in [3.63, 3.8) is 0 Å². The molecule has 20 heavy (non-hydrogen) atoms. The summed E-state index contributed by atoms with van der Waals surface area (Å²) < 4.78 is 10.7. The molecule has 0 saturated heterocycles. The monoisotopic (exact) mass is 315 g/mol. The van der Waals surface area contributed by atoms with Gasteiger partial charge in [-0.1, -0.05) is 35.3 Å². The number of nitrogen functional groups attached to an aromatic ring is 1. The summed E-state index contributed by atoms with van der Waals surface area (Å²) in [6, 6.07) is 3.25. The molecular weight excluding hydrogens is 301 g/mol. The van der Waals surface area contributed by atoms with Gasteiger partial charge in [-0.15, -0.1) is 0 Å². The molecule has 0 aliphatic heterocycles. The molecule has 0 radical (unpaired) electrons. The van der Waals surface area contributed by atoms with Crippen molar-refractivity contribution in [2.24, 2.45) is 0 Å². The second-order valence-corrected chi connectivity index (χ2v) is 5.34. The SMILES string of the molecule is CCC(C)(OC)c1noc(-c2c(Cl)ccc(Cl)c2N)n1. The van der Waals surface area contributed by atoms with Gasteiger partial charge < -0.3 is 15.0 Å².